The lowest BCUT2D eigenvalue weighted by atomic mass is 10.0. The highest BCUT2D eigenvalue weighted by atomic mass is 35.5. The number of nitrogens with one attached hydrogen (secondary N) is 1. The number of rotatable bonds is 4. The van der Waals surface area contributed by atoms with Crippen molar-refractivity contribution in [2.75, 3.05) is 7.05 Å². The maximum absolute atomic E-state index is 6.15. The molecule has 0 radical (unpaired) electrons. The first-order valence-electron chi connectivity index (χ1n) is 5.34. The first kappa shape index (κ1) is 12.5. The first-order valence-corrected chi connectivity index (χ1v) is 6.09. The van der Waals surface area contributed by atoms with E-state index in [2.05, 4.69) is 5.32 Å². The zero-order chi connectivity index (χ0) is 12.3. The minimum absolute atomic E-state index is 0.171. The van der Waals surface area contributed by atoms with E-state index in [1.807, 2.05) is 25.2 Å². The van der Waals surface area contributed by atoms with Crippen LogP contribution in [0.5, 0.6) is 0 Å². The molecule has 90 valence electrons. The Labute approximate surface area is 111 Å². The Bertz CT molecular complexity index is 482. The van der Waals surface area contributed by atoms with Crippen LogP contribution in [0.3, 0.4) is 0 Å². The largest absolute Gasteiger partial charge is 0.472 e. The van der Waals surface area contributed by atoms with Crippen molar-refractivity contribution in [3.05, 3.63) is 58.0 Å². The average Bonchev–Trinajstić information content (AvgIpc) is 2.84. The van der Waals surface area contributed by atoms with Gasteiger partial charge in [0.2, 0.25) is 0 Å². The topological polar surface area (TPSA) is 25.2 Å². The van der Waals surface area contributed by atoms with Gasteiger partial charge >= 0.3 is 0 Å². The molecule has 1 aromatic carbocycles. The molecule has 2 aromatic rings. The summed E-state index contributed by atoms with van der Waals surface area (Å²) in [5.41, 5.74) is 2.13. The van der Waals surface area contributed by atoms with Gasteiger partial charge in [-0.1, -0.05) is 23.2 Å². The molecule has 0 saturated carbocycles. The van der Waals surface area contributed by atoms with Crippen LogP contribution in [-0.4, -0.2) is 7.05 Å². The van der Waals surface area contributed by atoms with Crippen molar-refractivity contribution in [2.24, 2.45) is 0 Å². The second-order valence-corrected chi connectivity index (χ2v) is 4.68. The Morgan fingerprint density at radius 2 is 2.12 bits per heavy atom. The van der Waals surface area contributed by atoms with Gasteiger partial charge in [-0.3, -0.25) is 0 Å². The lowest BCUT2D eigenvalue weighted by molar-refractivity contribution is 0.542. The molecule has 2 rings (SSSR count). The summed E-state index contributed by atoms with van der Waals surface area (Å²) >= 11 is 12.1. The molecule has 1 N–H and O–H groups in total. The maximum Gasteiger partial charge on any atom is 0.0950 e. The molecule has 1 unspecified atom stereocenters. The van der Waals surface area contributed by atoms with E-state index >= 15 is 0 Å². The van der Waals surface area contributed by atoms with Gasteiger partial charge in [-0.05, 0) is 43.3 Å². The van der Waals surface area contributed by atoms with Crippen molar-refractivity contribution in [3.8, 4) is 0 Å². The van der Waals surface area contributed by atoms with E-state index in [9.17, 15) is 0 Å². The van der Waals surface area contributed by atoms with Gasteiger partial charge in [0, 0.05) is 21.7 Å². The molecule has 0 amide bonds. The molecule has 1 atom stereocenters. The van der Waals surface area contributed by atoms with Crippen LogP contribution in [-0.2, 0) is 6.42 Å². The molecule has 2 nitrogen and oxygen atoms in total. The molecule has 0 aliphatic heterocycles. The Morgan fingerprint density at radius 1 is 1.29 bits per heavy atom. The van der Waals surface area contributed by atoms with E-state index in [-0.39, 0.29) is 6.04 Å². The van der Waals surface area contributed by atoms with Crippen LogP contribution < -0.4 is 5.32 Å². The number of halogens is 2. The normalized spacial score (nSPS) is 12.6. The second kappa shape index (κ2) is 5.58. The first-order chi connectivity index (χ1) is 8.20. The van der Waals surface area contributed by atoms with Crippen molar-refractivity contribution >= 4 is 23.2 Å². The van der Waals surface area contributed by atoms with E-state index in [0.29, 0.717) is 5.02 Å². The predicted molar refractivity (Wildman–Crippen MR) is 70.7 cm³/mol. The van der Waals surface area contributed by atoms with E-state index < -0.39 is 0 Å². The smallest absolute Gasteiger partial charge is 0.0950 e. The fraction of sp³-hybridized carbons (Fsp3) is 0.231. The van der Waals surface area contributed by atoms with Gasteiger partial charge in [-0.15, -0.1) is 0 Å². The quantitative estimate of drug-likeness (QED) is 0.905. The Hall–Kier alpha value is -0.960. The fourth-order valence-electron chi connectivity index (χ4n) is 1.78. The molecule has 0 saturated heterocycles. The third-order valence-corrected chi connectivity index (χ3v) is 3.33. The van der Waals surface area contributed by atoms with E-state index in [0.717, 1.165) is 22.6 Å². The summed E-state index contributed by atoms with van der Waals surface area (Å²) in [6.45, 7) is 0. The predicted octanol–water partition coefficient (Wildman–Crippen LogP) is 4.09. The zero-order valence-electron chi connectivity index (χ0n) is 9.41. The van der Waals surface area contributed by atoms with Gasteiger partial charge in [0.25, 0.3) is 0 Å². The molecule has 0 aliphatic rings. The van der Waals surface area contributed by atoms with Crippen molar-refractivity contribution in [1.29, 1.82) is 0 Å². The van der Waals surface area contributed by atoms with Gasteiger partial charge < -0.3 is 9.73 Å². The number of furan rings is 1. The monoisotopic (exact) mass is 269 g/mol. The molecule has 1 aromatic heterocycles. The van der Waals surface area contributed by atoms with Crippen LogP contribution in [0.2, 0.25) is 10.0 Å². The minimum atomic E-state index is 0.171. The van der Waals surface area contributed by atoms with Gasteiger partial charge in [0.15, 0.2) is 0 Å². The van der Waals surface area contributed by atoms with E-state index in [1.165, 1.54) is 0 Å². The van der Waals surface area contributed by atoms with Crippen LogP contribution in [0.1, 0.15) is 17.2 Å². The number of hydrogen-bond acceptors (Lipinski definition) is 2. The molecule has 1 heterocycles. The summed E-state index contributed by atoms with van der Waals surface area (Å²) in [5, 5.41) is 4.67. The van der Waals surface area contributed by atoms with E-state index in [4.69, 9.17) is 27.6 Å². The van der Waals surface area contributed by atoms with Gasteiger partial charge in [0.05, 0.1) is 12.5 Å². The van der Waals surface area contributed by atoms with Crippen molar-refractivity contribution in [1.82, 2.24) is 5.32 Å². The molecule has 0 fully saturated rings. The van der Waals surface area contributed by atoms with Crippen LogP contribution in [0, 0.1) is 0 Å². The highest BCUT2D eigenvalue weighted by molar-refractivity contribution is 6.33. The molecule has 4 heteroatoms. The van der Waals surface area contributed by atoms with Crippen LogP contribution in [0.4, 0.5) is 0 Å². The fourth-order valence-corrected chi connectivity index (χ4v) is 2.17. The highest BCUT2D eigenvalue weighted by Gasteiger charge is 2.13. The van der Waals surface area contributed by atoms with Crippen molar-refractivity contribution in [2.45, 2.75) is 12.5 Å². The summed E-state index contributed by atoms with van der Waals surface area (Å²) in [6, 6.07) is 7.62. The van der Waals surface area contributed by atoms with Crippen LogP contribution >= 0.6 is 23.2 Å². The van der Waals surface area contributed by atoms with Crippen LogP contribution in [0.25, 0.3) is 0 Å². The molecule has 0 spiro atoms. The van der Waals surface area contributed by atoms with Gasteiger partial charge in [-0.2, -0.15) is 0 Å². The average molecular weight is 270 g/mol. The molecule has 0 aliphatic carbocycles. The van der Waals surface area contributed by atoms with E-state index in [1.54, 1.807) is 18.6 Å². The third kappa shape index (κ3) is 3.03. The summed E-state index contributed by atoms with van der Waals surface area (Å²) < 4.78 is 5.09. The van der Waals surface area contributed by atoms with Gasteiger partial charge in [0.1, 0.15) is 0 Å². The number of hydrogen-bond donors (Lipinski definition) is 1. The summed E-state index contributed by atoms with van der Waals surface area (Å²) in [5.74, 6) is 0. The zero-order valence-corrected chi connectivity index (χ0v) is 10.9. The Morgan fingerprint density at radius 3 is 2.76 bits per heavy atom. The summed E-state index contributed by atoms with van der Waals surface area (Å²) in [7, 11) is 1.91. The van der Waals surface area contributed by atoms with Crippen LogP contribution in [0.15, 0.2) is 41.2 Å². The lowest BCUT2D eigenvalue weighted by Gasteiger charge is -2.15. The highest BCUT2D eigenvalue weighted by Crippen LogP contribution is 2.26. The number of benzene rings is 1. The molecule has 0 bridgehead atoms. The Balaban J connectivity index is 2.21. The SMILES string of the molecule is CNC(Cc1cc(Cl)ccc1Cl)c1ccoc1. The molecular weight excluding hydrogens is 257 g/mol. The van der Waals surface area contributed by atoms with Crippen molar-refractivity contribution < 1.29 is 4.42 Å². The van der Waals surface area contributed by atoms with Crippen molar-refractivity contribution in [3.63, 3.8) is 0 Å². The maximum atomic E-state index is 6.15. The summed E-state index contributed by atoms with van der Waals surface area (Å²) in [4.78, 5) is 0. The molecular formula is C13H13Cl2NO. The second-order valence-electron chi connectivity index (χ2n) is 3.84. The molecule has 17 heavy (non-hydrogen) atoms. The lowest BCUT2D eigenvalue weighted by Crippen LogP contribution is -2.18. The standard InChI is InChI=1S/C13H13Cl2NO/c1-16-13(9-4-5-17-8-9)7-10-6-11(14)2-3-12(10)15/h2-6,8,13,16H,7H2,1H3. The third-order valence-electron chi connectivity index (χ3n) is 2.73. The number of likely N-dealkylation sites (N-methyl/N-ethyl adjacent to an activating group) is 1. The van der Waals surface area contributed by atoms with Gasteiger partial charge in [-0.25, -0.2) is 0 Å². The Kier molecular flexibility index (Phi) is 4.11. The summed E-state index contributed by atoms with van der Waals surface area (Å²) in [6.07, 6.45) is 4.17. The minimum Gasteiger partial charge on any atom is -0.472 e.